The first-order valence-corrected chi connectivity index (χ1v) is 8.43. The molecule has 0 radical (unpaired) electrons. The van der Waals surface area contributed by atoms with Crippen molar-refractivity contribution >= 4 is 49.2 Å². The highest BCUT2D eigenvalue weighted by molar-refractivity contribution is 9.10. The molecule has 0 amide bonds. The van der Waals surface area contributed by atoms with Crippen LogP contribution in [0.2, 0.25) is 5.02 Å². The molecule has 3 rings (SSSR count). The van der Waals surface area contributed by atoms with Crippen LogP contribution in [0.1, 0.15) is 21.5 Å². The summed E-state index contributed by atoms with van der Waals surface area (Å²) in [5.74, 6) is 0.894. The van der Waals surface area contributed by atoms with E-state index in [1.807, 2.05) is 6.07 Å². The molecule has 0 spiro atoms. The Morgan fingerprint density at radius 1 is 1.24 bits per heavy atom. The van der Waals surface area contributed by atoms with Crippen LogP contribution in [0.5, 0.6) is 5.75 Å². The Hall–Kier alpha value is -0.840. The second kappa shape index (κ2) is 6.11. The highest BCUT2D eigenvalue weighted by atomic mass is 79.9. The third kappa shape index (κ3) is 3.17. The van der Waals surface area contributed by atoms with E-state index in [2.05, 4.69) is 37.9 Å². The van der Waals surface area contributed by atoms with Crippen LogP contribution in [0.25, 0.3) is 0 Å². The topological polar surface area (TPSA) is 26.3 Å². The molecule has 0 N–H and O–H groups in total. The number of carbonyl (C=O) groups excluding carboxylic acids is 1. The van der Waals surface area contributed by atoms with Crippen molar-refractivity contribution in [3.05, 3.63) is 61.0 Å². The van der Waals surface area contributed by atoms with Gasteiger partial charge in [0.05, 0.1) is 6.61 Å². The second-order valence-corrected chi connectivity index (χ2v) is 7.08. The number of hydrogen-bond donors (Lipinski definition) is 0. The van der Waals surface area contributed by atoms with Crippen LogP contribution in [-0.4, -0.2) is 12.4 Å². The lowest BCUT2D eigenvalue weighted by atomic mass is 10.00. The van der Waals surface area contributed by atoms with E-state index >= 15 is 0 Å². The zero-order valence-corrected chi connectivity index (χ0v) is 14.9. The van der Waals surface area contributed by atoms with Crippen molar-refractivity contribution in [2.45, 2.75) is 12.8 Å². The van der Waals surface area contributed by atoms with Crippen LogP contribution in [0, 0.1) is 0 Å². The molecule has 108 valence electrons. The van der Waals surface area contributed by atoms with E-state index in [1.54, 1.807) is 18.2 Å². The van der Waals surface area contributed by atoms with Crippen LogP contribution in [0.3, 0.4) is 0 Å². The Morgan fingerprint density at radius 2 is 2.05 bits per heavy atom. The number of Topliss-reactive ketones (excluding diaryl/α,β-unsaturated/α-hetero) is 1. The summed E-state index contributed by atoms with van der Waals surface area (Å²) in [7, 11) is 0. The molecule has 1 aliphatic heterocycles. The Labute approximate surface area is 144 Å². The van der Waals surface area contributed by atoms with Gasteiger partial charge in [-0.05, 0) is 51.8 Å². The van der Waals surface area contributed by atoms with Crippen LogP contribution in [0.4, 0.5) is 0 Å². The zero-order chi connectivity index (χ0) is 15.0. The van der Waals surface area contributed by atoms with Crippen LogP contribution >= 0.6 is 43.5 Å². The SMILES string of the molecule is O=C(Cc1cc(Br)cc2c1OCC2)c1ccc(Cl)cc1Br. The highest BCUT2D eigenvalue weighted by Gasteiger charge is 2.20. The maximum absolute atomic E-state index is 12.5. The van der Waals surface area contributed by atoms with Gasteiger partial charge in [-0.1, -0.05) is 27.5 Å². The number of rotatable bonds is 3. The number of carbonyl (C=O) groups is 1. The van der Waals surface area contributed by atoms with Gasteiger partial charge in [0.15, 0.2) is 5.78 Å². The molecular formula is C16H11Br2ClO2. The molecule has 0 aromatic heterocycles. The van der Waals surface area contributed by atoms with E-state index in [1.165, 1.54) is 0 Å². The first-order chi connectivity index (χ1) is 10.0. The van der Waals surface area contributed by atoms with Crippen molar-refractivity contribution in [2.75, 3.05) is 6.61 Å². The Bertz CT molecular complexity index is 728. The fraction of sp³-hybridized carbons (Fsp3) is 0.188. The molecule has 0 saturated carbocycles. The van der Waals surface area contributed by atoms with Gasteiger partial charge in [0.25, 0.3) is 0 Å². The average Bonchev–Trinajstić information content (AvgIpc) is 2.86. The third-order valence-corrected chi connectivity index (χ3v) is 4.76. The van der Waals surface area contributed by atoms with Crippen molar-refractivity contribution in [1.29, 1.82) is 0 Å². The van der Waals surface area contributed by atoms with Gasteiger partial charge in [0, 0.05) is 37.9 Å². The fourth-order valence-electron chi connectivity index (χ4n) is 2.46. The minimum atomic E-state index is 0.0364. The molecular weight excluding hydrogens is 419 g/mol. The minimum Gasteiger partial charge on any atom is -0.493 e. The summed E-state index contributed by atoms with van der Waals surface area (Å²) in [5.41, 5.74) is 2.71. The smallest absolute Gasteiger partial charge is 0.168 e. The summed E-state index contributed by atoms with van der Waals surface area (Å²) in [6.45, 7) is 0.678. The van der Waals surface area contributed by atoms with Crippen molar-refractivity contribution in [1.82, 2.24) is 0 Å². The molecule has 0 unspecified atom stereocenters. The van der Waals surface area contributed by atoms with E-state index in [9.17, 15) is 4.79 Å². The first-order valence-electron chi connectivity index (χ1n) is 6.47. The average molecular weight is 431 g/mol. The zero-order valence-electron chi connectivity index (χ0n) is 11.0. The molecule has 5 heteroatoms. The van der Waals surface area contributed by atoms with E-state index in [0.29, 0.717) is 28.1 Å². The van der Waals surface area contributed by atoms with Gasteiger partial charge < -0.3 is 4.74 Å². The van der Waals surface area contributed by atoms with Crippen LogP contribution < -0.4 is 4.74 Å². The van der Waals surface area contributed by atoms with Crippen molar-refractivity contribution in [2.24, 2.45) is 0 Å². The molecule has 21 heavy (non-hydrogen) atoms. The normalized spacial score (nSPS) is 12.9. The van der Waals surface area contributed by atoms with Gasteiger partial charge in [-0.15, -0.1) is 0 Å². The number of halogens is 3. The van der Waals surface area contributed by atoms with Crippen LogP contribution in [-0.2, 0) is 12.8 Å². The van der Waals surface area contributed by atoms with E-state index in [4.69, 9.17) is 16.3 Å². The van der Waals surface area contributed by atoms with Gasteiger partial charge >= 0.3 is 0 Å². The predicted molar refractivity (Wildman–Crippen MR) is 90.5 cm³/mol. The first kappa shape index (κ1) is 15.1. The minimum absolute atomic E-state index is 0.0364. The summed E-state index contributed by atoms with van der Waals surface area (Å²) in [4.78, 5) is 12.5. The molecule has 0 atom stereocenters. The largest absolute Gasteiger partial charge is 0.493 e. The summed E-state index contributed by atoms with van der Waals surface area (Å²) in [6.07, 6.45) is 1.20. The molecule has 2 aromatic rings. The Balaban J connectivity index is 1.92. The number of ether oxygens (including phenoxy) is 1. The summed E-state index contributed by atoms with van der Waals surface area (Å²) in [5, 5.41) is 0.602. The lowest BCUT2D eigenvalue weighted by molar-refractivity contribution is 0.0991. The number of benzene rings is 2. The van der Waals surface area contributed by atoms with E-state index in [-0.39, 0.29) is 5.78 Å². The molecule has 1 aliphatic rings. The maximum atomic E-state index is 12.5. The quantitative estimate of drug-likeness (QED) is 0.624. The molecule has 2 nitrogen and oxygen atoms in total. The summed E-state index contributed by atoms with van der Waals surface area (Å²) < 4.78 is 7.36. The molecule has 0 bridgehead atoms. The molecule has 2 aromatic carbocycles. The van der Waals surface area contributed by atoms with E-state index < -0.39 is 0 Å². The number of hydrogen-bond acceptors (Lipinski definition) is 2. The van der Waals surface area contributed by atoms with Crippen molar-refractivity contribution in [3.63, 3.8) is 0 Å². The summed E-state index contributed by atoms with van der Waals surface area (Å²) >= 11 is 12.8. The lowest BCUT2D eigenvalue weighted by Gasteiger charge is -2.09. The Morgan fingerprint density at radius 3 is 2.81 bits per heavy atom. The van der Waals surface area contributed by atoms with Gasteiger partial charge in [-0.25, -0.2) is 0 Å². The predicted octanol–water partition coefficient (Wildman–Crippen LogP) is 5.23. The van der Waals surface area contributed by atoms with Crippen LogP contribution in [0.15, 0.2) is 39.3 Å². The monoisotopic (exact) mass is 428 g/mol. The fourth-order valence-corrected chi connectivity index (χ4v) is 3.92. The molecule has 0 fully saturated rings. The third-order valence-electron chi connectivity index (χ3n) is 3.41. The number of fused-ring (bicyclic) bond motifs is 1. The molecule has 0 aliphatic carbocycles. The van der Waals surface area contributed by atoms with Gasteiger partial charge in [0.2, 0.25) is 0 Å². The molecule has 0 saturated heterocycles. The Kier molecular flexibility index (Phi) is 4.38. The lowest BCUT2D eigenvalue weighted by Crippen LogP contribution is -2.06. The summed E-state index contributed by atoms with van der Waals surface area (Å²) in [6, 6.07) is 9.20. The number of ketones is 1. The van der Waals surface area contributed by atoms with Gasteiger partial charge in [0.1, 0.15) is 5.75 Å². The second-order valence-electron chi connectivity index (χ2n) is 4.88. The van der Waals surface area contributed by atoms with E-state index in [0.717, 1.165) is 27.8 Å². The van der Waals surface area contributed by atoms with Gasteiger partial charge in [-0.2, -0.15) is 0 Å². The van der Waals surface area contributed by atoms with Crippen molar-refractivity contribution in [3.8, 4) is 5.75 Å². The highest BCUT2D eigenvalue weighted by Crippen LogP contribution is 2.34. The van der Waals surface area contributed by atoms with Gasteiger partial charge in [-0.3, -0.25) is 4.79 Å². The standard InChI is InChI=1S/C16H11Br2ClO2/c17-11-5-9-3-4-21-16(9)10(6-11)7-15(20)13-2-1-12(19)8-14(13)18/h1-2,5-6,8H,3-4,7H2. The van der Waals surface area contributed by atoms with Crippen molar-refractivity contribution < 1.29 is 9.53 Å². The molecule has 1 heterocycles. The maximum Gasteiger partial charge on any atom is 0.168 e.